The maximum atomic E-state index is 12.5. The third-order valence-corrected chi connectivity index (χ3v) is 5.42. The van der Waals surface area contributed by atoms with Crippen molar-refractivity contribution >= 4 is 23.0 Å². The molecule has 2 aromatic heterocycles. The number of aromatic nitrogens is 2. The lowest BCUT2D eigenvalue weighted by Crippen LogP contribution is -2.44. The predicted octanol–water partition coefficient (Wildman–Crippen LogP) is 2.32. The van der Waals surface area contributed by atoms with Gasteiger partial charge in [-0.05, 0) is 31.7 Å². The van der Waals surface area contributed by atoms with Crippen molar-refractivity contribution in [1.82, 2.24) is 25.3 Å². The highest BCUT2D eigenvalue weighted by Crippen LogP contribution is 2.41. The van der Waals surface area contributed by atoms with E-state index in [1.54, 1.807) is 26.0 Å². The van der Waals surface area contributed by atoms with Crippen LogP contribution in [0.25, 0.3) is 11.1 Å². The minimum Gasteiger partial charge on any atom is -0.355 e. The Kier molecular flexibility index (Phi) is 4.49. The third kappa shape index (κ3) is 3.24. The van der Waals surface area contributed by atoms with Crippen molar-refractivity contribution in [2.24, 2.45) is 0 Å². The van der Waals surface area contributed by atoms with Gasteiger partial charge in [-0.2, -0.15) is 0 Å². The smallest absolute Gasteiger partial charge is 0.319 e. The van der Waals surface area contributed by atoms with Gasteiger partial charge in [-0.25, -0.2) is 9.78 Å². The molecule has 1 saturated carbocycles. The molecule has 27 heavy (non-hydrogen) atoms. The average Bonchev–Trinajstić information content (AvgIpc) is 3.45. The van der Waals surface area contributed by atoms with E-state index in [1.807, 2.05) is 11.0 Å². The molecule has 2 fully saturated rings. The van der Waals surface area contributed by atoms with Gasteiger partial charge in [-0.15, -0.1) is 0 Å². The summed E-state index contributed by atoms with van der Waals surface area (Å²) in [6, 6.07) is 1.87. The van der Waals surface area contributed by atoms with Crippen molar-refractivity contribution < 1.29 is 14.1 Å². The molecule has 4 rings (SSSR count). The van der Waals surface area contributed by atoms with Crippen LogP contribution in [0.1, 0.15) is 59.3 Å². The standard InChI is InChI=1S/C19H25N5O3/c1-20-17(25)13-9-14(11-6-7-11)21-18-15(13)16(22-27-18)12-5-4-8-24(10-12)19(26)23(2)3/h9,11-12H,4-8,10H2,1-3H3,(H,20,25). The molecule has 2 aliphatic rings. The largest absolute Gasteiger partial charge is 0.355 e. The quantitative estimate of drug-likeness (QED) is 0.894. The number of hydrogen-bond donors (Lipinski definition) is 1. The molecule has 1 N–H and O–H groups in total. The number of pyridine rings is 1. The molecule has 1 unspecified atom stereocenters. The first-order chi connectivity index (χ1) is 13.0. The maximum absolute atomic E-state index is 12.5. The van der Waals surface area contributed by atoms with E-state index >= 15 is 0 Å². The summed E-state index contributed by atoms with van der Waals surface area (Å²) in [6.07, 6.45) is 3.98. The minimum absolute atomic E-state index is 0.00632. The number of carbonyl (C=O) groups is 2. The molecule has 2 aromatic rings. The van der Waals surface area contributed by atoms with E-state index in [9.17, 15) is 9.59 Å². The molecule has 1 aliphatic heterocycles. The first-order valence-electron chi connectivity index (χ1n) is 9.48. The topological polar surface area (TPSA) is 91.6 Å². The fraction of sp³-hybridized carbons (Fsp3) is 0.579. The van der Waals surface area contributed by atoms with Crippen molar-refractivity contribution in [1.29, 1.82) is 0 Å². The fourth-order valence-electron chi connectivity index (χ4n) is 3.83. The molecule has 0 radical (unpaired) electrons. The summed E-state index contributed by atoms with van der Waals surface area (Å²) in [5, 5.41) is 7.68. The molecule has 3 heterocycles. The normalized spacial score (nSPS) is 20.0. The zero-order valence-corrected chi connectivity index (χ0v) is 16.0. The number of urea groups is 1. The van der Waals surface area contributed by atoms with Crippen LogP contribution in [0.2, 0.25) is 0 Å². The number of rotatable bonds is 3. The molecule has 1 atom stereocenters. The number of carbonyl (C=O) groups excluding carboxylic acids is 2. The highest BCUT2D eigenvalue weighted by molar-refractivity contribution is 6.06. The van der Waals surface area contributed by atoms with Crippen LogP contribution < -0.4 is 5.32 Å². The molecule has 0 spiro atoms. The second-order valence-electron chi connectivity index (χ2n) is 7.66. The molecule has 0 aromatic carbocycles. The average molecular weight is 371 g/mol. The molecule has 3 amide bonds. The van der Waals surface area contributed by atoms with Crippen LogP contribution in [-0.4, -0.2) is 66.1 Å². The summed E-state index contributed by atoms with van der Waals surface area (Å²) in [4.78, 5) is 32.9. The summed E-state index contributed by atoms with van der Waals surface area (Å²) in [5.41, 5.74) is 2.62. The lowest BCUT2D eigenvalue weighted by atomic mass is 9.91. The summed E-state index contributed by atoms with van der Waals surface area (Å²) in [5.74, 6) is 0.279. The number of piperidine rings is 1. The number of hydrogen-bond acceptors (Lipinski definition) is 5. The molecular weight excluding hydrogens is 346 g/mol. The molecule has 0 bridgehead atoms. The third-order valence-electron chi connectivity index (χ3n) is 5.42. The van der Waals surface area contributed by atoms with Gasteiger partial charge in [0.15, 0.2) is 0 Å². The van der Waals surface area contributed by atoms with Crippen molar-refractivity contribution in [3.63, 3.8) is 0 Å². The molecule has 8 nitrogen and oxygen atoms in total. The van der Waals surface area contributed by atoms with Crippen LogP contribution in [0.3, 0.4) is 0 Å². The summed E-state index contributed by atoms with van der Waals surface area (Å²) >= 11 is 0. The minimum atomic E-state index is -0.161. The first-order valence-corrected chi connectivity index (χ1v) is 9.48. The Labute approximate surface area is 157 Å². The van der Waals surface area contributed by atoms with Gasteiger partial charge in [0.2, 0.25) is 0 Å². The van der Waals surface area contributed by atoms with Crippen LogP contribution in [0, 0.1) is 0 Å². The molecule has 1 saturated heterocycles. The predicted molar refractivity (Wildman–Crippen MR) is 99.8 cm³/mol. The van der Waals surface area contributed by atoms with Gasteiger partial charge < -0.3 is 19.6 Å². The van der Waals surface area contributed by atoms with Gasteiger partial charge in [-0.3, -0.25) is 4.79 Å². The van der Waals surface area contributed by atoms with Crippen LogP contribution in [0.15, 0.2) is 10.6 Å². The zero-order chi connectivity index (χ0) is 19.1. The van der Waals surface area contributed by atoms with E-state index in [4.69, 9.17) is 4.52 Å². The highest BCUT2D eigenvalue weighted by Gasteiger charge is 2.33. The Morgan fingerprint density at radius 3 is 2.70 bits per heavy atom. The van der Waals surface area contributed by atoms with E-state index in [2.05, 4.69) is 15.5 Å². The monoisotopic (exact) mass is 371 g/mol. The lowest BCUT2D eigenvalue weighted by molar-refractivity contribution is 0.0964. The number of nitrogens with one attached hydrogen (secondary N) is 1. The van der Waals surface area contributed by atoms with Crippen LogP contribution >= 0.6 is 0 Å². The molecule has 144 valence electrons. The van der Waals surface area contributed by atoms with Gasteiger partial charge in [0.05, 0.1) is 16.6 Å². The number of likely N-dealkylation sites (tertiary alicyclic amines) is 1. The van der Waals surface area contributed by atoms with Crippen LogP contribution in [0.4, 0.5) is 4.79 Å². The Morgan fingerprint density at radius 1 is 1.26 bits per heavy atom. The van der Waals surface area contributed by atoms with Gasteiger partial charge in [-0.1, -0.05) is 5.16 Å². The lowest BCUT2D eigenvalue weighted by Gasteiger charge is -2.33. The van der Waals surface area contributed by atoms with Gasteiger partial charge in [0.1, 0.15) is 0 Å². The molecule has 8 heteroatoms. The van der Waals surface area contributed by atoms with Crippen molar-refractivity contribution in [3.8, 4) is 0 Å². The fourth-order valence-corrected chi connectivity index (χ4v) is 3.83. The van der Waals surface area contributed by atoms with Crippen molar-refractivity contribution in [2.75, 3.05) is 34.2 Å². The highest BCUT2D eigenvalue weighted by atomic mass is 16.5. The van der Waals surface area contributed by atoms with Gasteiger partial charge in [0.25, 0.3) is 11.6 Å². The van der Waals surface area contributed by atoms with E-state index in [0.29, 0.717) is 29.1 Å². The number of fused-ring (bicyclic) bond motifs is 1. The van der Waals surface area contributed by atoms with E-state index in [0.717, 1.165) is 43.6 Å². The molecular formula is C19H25N5O3. The zero-order valence-electron chi connectivity index (χ0n) is 16.0. The Balaban J connectivity index is 1.73. The number of nitrogens with zero attached hydrogens (tertiary/aromatic N) is 4. The number of amides is 3. The Morgan fingerprint density at radius 2 is 2.04 bits per heavy atom. The Hall–Kier alpha value is -2.64. The second kappa shape index (κ2) is 6.83. The second-order valence-corrected chi connectivity index (χ2v) is 7.66. The van der Waals surface area contributed by atoms with E-state index in [1.165, 1.54) is 0 Å². The van der Waals surface area contributed by atoms with Gasteiger partial charge >= 0.3 is 6.03 Å². The Bertz CT molecular complexity index is 887. The maximum Gasteiger partial charge on any atom is 0.319 e. The van der Waals surface area contributed by atoms with Crippen LogP contribution in [0.5, 0.6) is 0 Å². The summed E-state index contributed by atoms with van der Waals surface area (Å²) in [6.45, 7) is 1.30. The summed E-state index contributed by atoms with van der Waals surface area (Å²) in [7, 11) is 5.13. The van der Waals surface area contributed by atoms with Gasteiger partial charge in [0, 0.05) is 51.8 Å². The molecule has 1 aliphatic carbocycles. The SMILES string of the molecule is CNC(=O)c1cc(C2CC2)nc2onc(C3CCCN(C(=O)N(C)C)C3)c12. The van der Waals surface area contributed by atoms with Crippen molar-refractivity contribution in [2.45, 2.75) is 37.5 Å². The van der Waals surface area contributed by atoms with Crippen molar-refractivity contribution in [3.05, 3.63) is 23.0 Å². The van der Waals surface area contributed by atoms with E-state index in [-0.39, 0.29) is 17.9 Å². The first kappa shape index (κ1) is 17.8. The van der Waals surface area contributed by atoms with Crippen LogP contribution in [-0.2, 0) is 0 Å². The summed E-state index contributed by atoms with van der Waals surface area (Å²) < 4.78 is 5.54. The van der Waals surface area contributed by atoms with E-state index < -0.39 is 0 Å².